The first kappa shape index (κ1) is 16.5. The Balaban J connectivity index is 1.31. The maximum atomic E-state index is 5.90. The summed E-state index contributed by atoms with van der Waals surface area (Å²) in [6.45, 7) is 2.32. The third-order valence-electron chi connectivity index (χ3n) is 4.60. The van der Waals surface area contributed by atoms with Crippen molar-refractivity contribution in [3.05, 3.63) is 45.8 Å². The average molecular weight is 400 g/mol. The van der Waals surface area contributed by atoms with Crippen LogP contribution in [-0.4, -0.2) is 15.2 Å². The Labute approximate surface area is 163 Å². The highest BCUT2D eigenvalue weighted by molar-refractivity contribution is 7.98. The van der Waals surface area contributed by atoms with Gasteiger partial charge < -0.3 is 4.42 Å². The van der Waals surface area contributed by atoms with Gasteiger partial charge in [0.1, 0.15) is 5.01 Å². The minimum atomic E-state index is 0.610. The number of hydrogen-bond donors (Lipinski definition) is 0. The zero-order valence-electron chi connectivity index (χ0n) is 14.3. The van der Waals surface area contributed by atoms with E-state index in [1.54, 1.807) is 34.4 Å². The molecule has 0 amide bonds. The van der Waals surface area contributed by atoms with Crippen molar-refractivity contribution in [2.24, 2.45) is 5.92 Å². The minimum Gasteiger partial charge on any atom is -0.410 e. The zero-order valence-corrected chi connectivity index (χ0v) is 16.7. The van der Waals surface area contributed by atoms with Crippen LogP contribution in [0.5, 0.6) is 0 Å². The van der Waals surface area contributed by atoms with Crippen LogP contribution in [0.1, 0.15) is 28.8 Å². The van der Waals surface area contributed by atoms with Crippen LogP contribution in [-0.2, 0) is 18.6 Å². The monoisotopic (exact) mass is 399 g/mol. The molecule has 0 unspecified atom stereocenters. The number of para-hydroxylation sites is 1. The fraction of sp³-hybridized carbons (Fsp3) is 0.316. The van der Waals surface area contributed by atoms with Gasteiger partial charge in [0.25, 0.3) is 11.1 Å². The van der Waals surface area contributed by atoms with Gasteiger partial charge in [0, 0.05) is 4.88 Å². The van der Waals surface area contributed by atoms with Gasteiger partial charge in [-0.3, -0.25) is 0 Å². The molecule has 5 rings (SSSR count). The van der Waals surface area contributed by atoms with E-state index in [0.717, 1.165) is 27.1 Å². The summed E-state index contributed by atoms with van der Waals surface area (Å²) in [5.74, 6) is 2.16. The van der Waals surface area contributed by atoms with Crippen molar-refractivity contribution in [2.45, 2.75) is 37.2 Å². The molecule has 0 saturated heterocycles. The fourth-order valence-corrected chi connectivity index (χ4v) is 6.14. The highest BCUT2D eigenvalue weighted by Crippen LogP contribution is 2.37. The van der Waals surface area contributed by atoms with Gasteiger partial charge in [-0.05, 0) is 48.9 Å². The molecule has 0 N–H and O–H groups in total. The number of rotatable bonds is 4. The Morgan fingerprint density at radius 1 is 1.23 bits per heavy atom. The Morgan fingerprint density at radius 2 is 2.15 bits per heavy atom. The lowest BCUT2D eigenvalue weighted by atomic mass is 9.90. The normalized spacial score (nSPS) is 16.9. The first-order valence-electron chi connectivity index (χ1n) is 8.67. The molecule has 0 spiro atoms. The molecule has 1 atom stereocenters. The van der Waals surface area contributed by atoms with Crippen LogP contribution in [0.4, 0.5) is 0 Å². The van der Waals surface area contributed by atoms with E-state index in [2.05, 4.69) is 34.2 Å². The summed E-state index contributed by atoms with van der Waals surface area (Å²) < 4.78 is 7.11. The summed E-state index contributed by atoms with van der Waals surface area (Å²) in [6.07, 6.45) is 3.62. The highest BCUT2D eigenvalue weighted by Gasteiger charge is 2.21. The van der Waals surface area contributed by atoms with Gasteiger partial charge in [-0.25, -0.2) is 4.98 Å². The molecular weight excluding hydrogens is 382 g/mol. The smallest absolute Gasteiger partial charge is 0.277 e. The van der Waals surface area contributed by atoms with Crippen molar-refractivity contribution in [1.29, 1.82) is 0 Å². The second-order valence-corrected chi connectivity index (χ2v) is 9.82. The largest absolute Gasteiger partial charge is 0.410 e. The number of thiophene rings is 1. The standard InChI is InChI=1S/C19H17N3OS3/c1-11-6-7-14-12(8-11)9-16(25-14)18-21-22-19(23-18)24-10-17-20-13-4-2-3-5-15(13)26-17/h2-5,9,11H,6-8,10H2,1H3/t11-/m1/s1. The topological polar surface area (TPSA) is 51.8 Å². The molecular formula is C19H17N3OS3. The van der Waals surface area contributed by atoms with Gasteiger partial charge in [0.15, 0.2) is 0 Å². The SMILES string of the molecule is C[C@@H]1CCc2sc(-c3nnc(SCc4nc5ccccc5s4)o3)cc2C1. The van der Waals surface area contributed by atoms with Gasteiger partial charge in [-0.15, -0.1) is 32.9 Å². The number of fused-ring (bicyclic) bond motifs is 2. The van der Waals surface area contributed by atoms with E-state index in [1.807, 2.05) is 18.2 Å². The van der Waals surface area contributed by atoms with Crippen molar-refractivity contribution in [1.82, 2.24) is 15.2 Å². The number of nitrogens with zero attached hydrogens (tertiary/aromatic N) is 3. The van der Waals surface area contributed by atoms with Gasteiger partial charge in [0.2, 0.25) is 0 Å². The molecule has 1 aliphatic carbocycles. The maximum absolute atomic E-state index is 5.90. The lowest BCUT2D eigenvalue weighted by Crippen LogP contribution is -2.07. The molecule has 3 aromatic heterocycles. The number of thiazole rings is 1. The second-order valence-electron chi connectivity index (χ2n) is 6.64. The van der Waals surface area contributed by atoms with Crippen molar-refractivity contribution in [2.75, 3.05) is 0 Å². The molecule has 1 aliphatic rings. The van der Waals surface area contributed by atoms with E-state index in [1.165, 1.54) is 34.4 Å². The number of hydrogen-bond acceptors (Lipinski definition) is 7. The summed E-state index contributed by atoms with van der Waals surface area (Å²) in [4.78, 5) is 7.24. The Hall–Kier alpha value is -1.70. The van der Waals surface area contributed by atoms with Gasteiger partial charge >= 0.3 is 0 Å². The van der Waals surface area contributed by atoms with Crippen LogP contribution in [0.25, 0.3) is 21.0 Å². The Bertz CT molecular complexity index is 1030. The van der Waals surface area contributed by atoms with Crippen molar-refractivity contribution >= 4 is 44.7 Å². The van der Waals surface area contributed by atoms with E-state index in [4.69, 9.17) is 4.42 Å². The van der Waals surface area contributed by atoms with E-state index < -0.39 is 0 Å². The fourth-order valence-electron chi connectivity index (χ4n) is 3.28. The van der Waals surface area contributed by atoms with Crippen LogP contribution in [0.15, 0.2) is 40.0 Å². The Morgan fingerprint density at radius 3 is 3.08 bits per heavy atom. The number of thioether (sulfide) groups is 1. The maximum Gasteiger partial charge on any atom is 0.277 e. The molecule has 0 saturated carbocycles. The molecule has 3 heterocycles. The molecule has 1 aromatic carbocycles. The van der Waals surface area contributed by atoms with E-state index >= 15 is 0 Å². The summed E-state index contributed by atoms with van der Waals surface area (Å²) >= 11 is 5.08. The lowest BCUT2D eigenvalue weighted by Gasteiger charge is -2.16. The van der Waals surface area contributed by atoms with Crippen LogP contribution < -0.4 is 0 Å². The second kappa shape index (κ2) is 6.79. The Kier molecular flexibility index (Phi) is 4.30. The molecule has 26 heavy (non-hydrogen) atoms. The van der Waals surface area contributed by atoms with E-state index in [0.29, 0.717) is 11.1 Å². The third kappa shape index (κ3) is 3.19. The van der Waals surface area contributed by atoms with Gasteiger partial charge in [-0.1, -0.05) is 30.8 Å². The van der Waals surface area contributed by atoms with E-state index in [-0.39, 0.29) is 0 Å². The predicted octanol–water partition coefficient (Wildman–Crippen LogP) is 5.82. The average Bonchev–Trinajstić information content (AvgIpc) is 3.36. The zero-order chi connectivity index (χ0) is 17.5. The van der Waals surface area contributed by atoms with Gasteiger partial charge in [-0.2, -0.15) is 0 Å². The summed E-state index contributed by atoms with van der Waals surface area (Å²) in [5.41, 5.74) is 2.52. The summed E-state index contributed by atoms with van der Waals surface area (Å²) in [7, 11) is 0. The first-order chi connectivity index (χ1) is 12.7. The van der Waals surface area contributed by atoms with Crippen molar-refractivity contribution in [3.8, 4) is 10.8 Å². The van der Waals surface area contributed by atoms with Crippen molar-refractivity contribution < 1.29 is 4.42 Å². The number of aryl methyl sites for hydroxylation is 1. The minimum absolute atomic E-state index is 0.610. The van der Waals surface area contributed by atoms with Crippen LogP contribution in [0.2, 0.25) is 0 Å². The highest BCUT2D eigenvalue weighted by atomic mass is 32.2. The summed E-state index contributed by atoms with van der Waals surface area (Å²) in [6, 6.07) is 10.5. The molecule has 0 radical (unpaired) electrons. The molecule has 7 heteroatoms. The quantitative estimate of drug-likeness (QED) is 0.404. The van der Waals surface area contributed by atoms with Crippen LogP contribution in [0.3, 0.4) is 0 Å². The number of benzene rings is 1. The van der Waals surface area contributed by atoms with Crippen molar-refractivity contribution in [3.63, 3.8) is 0 Å². The lowest BCUT2D eigenvalue weighted by molar-refractivity contribution is 0.466. The van der Waals surface area contributed by atoms with Crippen LogP contribution in [0, 0.1) is 5.92 Å². The van der Waals surface area contributed by atoms with Gasteiger partial charge in [0.05, 0.1) is 20.8 Å². The molecule has 0 aliphatic heterocycles. The molecule has 4 aromatic rings. The van der Waals surface area contributed by atoms with E-state index in [9.17, 15) is 0 Å². The number of aromatic nitrogens is 3. The molecule has 0 bridgehead atoms. The first-order valence-corrected chi connectivity index (χ1v) is 11.3. The molecule has 4 nitrogen and oxygen atoms in total. The third-order valence-corrected chi connectivity index (χ3v) is 7.88. The predicted molar refractivity (Wildman–Crippen MR) is 108 cm³/mol. The molecule has 132 valence electrons. The van der Waals surface area contributed by atoms with Crippen LogP contribution >= 0.6 is 34.4 Å². The molecule has 0 fully saturated rings. The summed E-state index contributed by atoms with van der Waals surface area (Å²) in [5, 5.41) is 10.2.